The largest absolute Gasteiger partial charge is 0.458 e. The number of amides is 1. The van der Waals surface area contributed by atoms with Crippen molar-refractivity contribution >= 4 is 17.7 Å². The molecule has 1 rings (SSSR count). The van der Waals surface area contributed by atoms with Gasteiger partial charge in [0.15, 0.2) is 0 Å². The number of alkyl carbamates (subject to hydrolysis) is 1. The maximum atomic E-state index is 11.7. The number of anilines is 1. The topological polar surface area (TPSA) is 90.6 Å². The highest BCUT2D eigenvalue weighted by atomic mass is 16.6. The van der Waals surface area contributed by atoms with Gasteiger partial charge in [0.2, 0.25) is 0 Å². The molecule has 1 unspecified atom stereocenters. The Kier molecular flexibility index (Phi) is 5.58. The van der Waals surface area contributed by atoms with Gasteiger partial charge in [-0.05, 0) is 33.8 Å². The van der Waals surface area contributed by atoms with Crippen LogP contribution in [0.1, 0.15) is 33.3 Å². The molecular weight excluding hydrogens is 272 g/mol. The molecule has 0 bridgehead atoms. The van der Waals surface area contributed by atoms with E-state index in [1.165, 1.54) is 6.92 Å². The smallest absolute Gasteiger partial charge is 0.408 e. The van der Waals surface area contributed by atoms with Gasteiger partial charge < -0.3 is 20.5 Å². The first-order chi connectivity index (χ1) is 9.69. The molecule has 21 heavy (non-hydrogen) atoms. The summed E-state index contributed by atoms with van der Waals surface area (Å²) in [7, 11) is 0. The Morgan fingerprint density at radius 3 is 2.48 bits per heavy atom. The quantitative estimate of drug-likeness (QED) is 0.656. The minimum atomic E-state index is -0.787. The average molecular weight is 294 g/mol. The zero-order chi connectivity index (χ0) is 16.0. The lowest BCUT2D eigenvalue weighted by Gasteiger charge is -2.22. The molecule has 1 atom stereocenters. The molecular formula is C15H22N2O4. The molecule has 1 amide bonds. The normalized spacial score (nSPS) is 12.4. The molecule has 0 heterocycles. The summed E-state index contributed by atoms with van der Waals surface area (Å²) in [6, 6.07) is 6.30. The molecule has 0 aliphatic rings. The molecule has 0 aromatic heterocycles. The second-order valence-electron chi connectivity index (χ2n) is 5.67. The lowest BCUT2D eigenvalue weighted by atomic mass is 10.2. The summed E-state index contributed by atoms with van der Waals surface area (Å²) in [4.78, 5) is 23.3. The number of esters is 1. The first-order valence-corrected chi connectivity index (χ1v) is 6.68. The summed E-state index contributed by atoms with van der Waals surface area (Å²) in [6.45, 7) is 6.85. The molecule has 0 aliphatic heterocycles. The molecule has 0 spiro atoms. The van der Waals surface area contributed by atoms with Crippen LogP contribution < -0.4 is 11.1 Å². The van der Waals surface area contributed by atoms with Gasteiger partial charge in [-0.3, -0.25) is 0 Å². The van der Waals surface area contributed by atoms with Crippen molar-refractivity contribution in [1.82, 2.24) is 5.32 Å². The zero-order valence-electron chi connectivity index (χ0n) is 12.8. The van der Waals surface area contributed by atoms with Gasteiger partial charge in [0, 0.05) is 11.3 Å². The number of nitrogens with two attached hydrogens (primary N) is 1. The number of nitrogen functional groups attached to an aromatic ring is 1. The number of nitrogens with one attached hydrogen (secondary N) is 1. The molecule has 0 fully saturated rings. The van der Waals surface area contributed by atoms with Crippen molar-refractivity contribution in [1.29, 1.82) is 0 Å². The van der Waals surface area contributed by atoms with E-state index in [-0.39, 0.29) is 6.61 Å². The Hall–Kier alpha value is -2.24. The van der Waals surface area contributed by atoms with Gasteiger partial charge >= 0.3 is 12.1 Å². The Morgan fingerprint density at radius 2 is 1.90 bits per heavy atom. The van der Waals surface area contributed by atoms with Crippen LogP contribution in [0, 0.1) is 0 Å². The SMILES string of the molecule is CC(NC(=O)OCc1ccccc1N)C(=O)OC(C)(C)C. The van der Waals surface area contributed by atoms with E-state index >= 15 is 0 Å². The summed E-state index contributed by atoms with van der Waals surface area (Å²) in [5.74, 6) is -0.515. The van der Waals surface area contributed by atoms with Crippen LogP contribution in [0.5, 0.6) is 0 Å². The van der Waals surface area contributed by atoms with Crippen molar-refractivity contribution in [3.05, 3.63) is 29.8 Å². The lowest BCUT2D eigenvalue weighted by molar-refractivity contribution is -0.156. The molecule has 3 N–H and O–H groups in total. The van der Waals surface area contributed by atoms with Crippen LogP contribution in [0.3, 0.4) is 0 Å². The van der Waals surface area contributed by atoms with Crippen LogP contribution >= 0.6 is 0 Å². The zero-order valence-corrected chi connectivity index (χ0v) is 12.8. The van der Waals surface area contributed by atoms with Gasteiger partial charge in [-0.15, -0.1) is 0 Å². The summed E-state index contributed by atoms with van der Waals surface area (Å²) in [6.07, 6.45) is -0.698. The monoisotopic (exact) mass is 294 g/mol. The van der Waals surface area contributed by atoms with Crippen LogP contribution in [0.15, 0.2) is 24.3 Å². The molecule has 0 saturated carbocycles. The molecule has 6 heteroatoms. The van der Waals surface area contributed by atoms with Crippen molar-refractivity contribution in [2.75, 3.05) is 5.73 Å². The fraction of sp³-hybridized carbons (Fsp3) is 0.467. The highest BCUT2D eigenvalue weighted by Crippen LogP contribution is 2.12. The van der Waals surface area contributed by atoms with Crippen LogP contribution in [-0.2, 0) is 20.9 Å². The van der Waals surface area contributed by atoms with Crippen molar-refractivity contribution in [2.45, 2.75) is 45.9 Å². The highest BCUT2D eigenvalue weighted by molar-refractivity contribution is 5.81. The maximum Gasteiger partial charge on any atom is 0.408 e. The van der Waals surface area contributed by atoms with E-state index < -0.39 is 23.7 Å². The molecule has 1 aromatic carbocycles. The van der Waals surface area contributed by atoms with Gasteiger partial charge in [0.05, 0.1) is 0 Å². The minimum absolute atomic E-state index is 0.0412. The number of rotatable bonds is 4. The van der Waals surface area contributed by atoms with Crippen LogP contribution in [0.25, 0.3) is 0 Å². The minimum Gasteiger partial charge on any atom is -0.458 e. The Morgan fingerprint density at radius 1 is 1.29 bits per heavy atom. The van der Waals surface area contributed by atoms with E-state index in [9.17, 15) is 9.59 Å². The third kappa shape index (κ3) is 6.16. The summed E-state index contributed by atoms with van der Waals surface area (Å²) >= 11 is 0. The third-order valence-corrected chi connectivity index (χ3v) is 2.51. The average Bonchev–Trinajstić information content (AvgIpc) is 2.35. The fourth-order valence-corrected chi connectivity index (χ4v) is 1.48. The number of hydrogen-bond donors (Lipinski definition) is 2. The Balaban J connectivity index is 2.43. The van der Waals surface area contributed by atoms with Crippen LogP contribution in [-0.4, -0.2) is 23.7 Å². The van der Waals surface area contributed by atoms with Gasteiger partial charge in [-0.1, -0.05) is 18.2 Å². The summed E-state index contributed by atoms with van der Waals surface area (Å²) < 4.78 is 10.2. The van der Waals surface area contributed by atoms with Crippen molar-refractivity contribution in [2.24, 2.45) is 0 Å². The molecule has 0 aliphatic carbocycles. The van der Waals surface area contributed by atoms with Crippen LogP contribution in [0.4, 0.5) is 10.5 Å². The van der Waals surface area contributed by atoms with Crippen molar-refractivity contribution in [3.8, 4) is 0 Å². The van der Waals surface area contributed by atoms with E-state index in [1.54, 1.807) is 45.0 Å². The maximum absolute atomic E-state index is 11.7. The molecule has 1 aromatic rings. The van der Waals surface area contributed by atoms with E-state index in [1.807, 2.05) is 0 Å². The van der Waals surface area contributed by atoms with E-state index in [4.69, 9.17) is 15.2 Å². The molecule has 0 radical (unpaired) electrons. The first-order valence-electron chi connectivity index (χ1n) is 6.68. The predicted octanol–water partition coefficient (Wildman–Crippen LogP) is 2.23. The van der Waals surface area contributed by atoms with Crippen molar-refractivity contribution < 1.29 is 19.1 Å². The highest BCUT2D eigenvalue weighted by Gasteiger charge is 2.23. The third-order valence-electron chi connectivity index (χ3n) is 2.51. The number of carbonyl (C=O) groups excluding carboxylic acids is 2. The Bertz CT molecular complexity index is 509. The number of ether oxygens (including phenoxy) is 2. The van der Waals surface area contributed by atoms with E-state index in [0.29, 0.717) is 11.3 Å². The fourth-order valence-electron chi connectivity index (χ4n) is 1.48. The number of para-hydroxylation sites is 1. The summed E-state index contributed by atoms with van der Waals surface area (Å²) in [5, 5.41) is 2.42. The standard InChI is InChI=1S/C15H22N2O4/c1-10(13(18)21-15(2,3)4)17-14(19)20-9-11-7-5-6-8-12(11)16/h5-8,10H,9,16H2,1-4H3,(H,17,19). The Labute approximate surface area is 124 Å². The second kappa shape index (κ2) is 6.97. The molecule has 0 saturated heterocycles. The van der Waals surface area contributed by atoms with Gasteiger partial charge in [0.25, 0.3) is 0 Å². The summed E-state index contributed by atoms with van der Waals surface area (Å²) in [5.41, 5.74) is 6.39. The van der Waals surface area contributed by atoms with E-state index in [2.05, 4.69) is 5.32 Å². The van der Waals surface area contributed by atoms with Gasteiger partial charge in [0.1, 0.15) is 18.2 Å². The van der Waals surface area contributed by atoms with Crippen LogP contribution in [0.2, 0.25) is 0 Å². The number of carbonyl (C=O) groups is 2. The van der Waals surface area contributed by atoms with E-state index in [0.717, 1.165) is 0 Å². The van der Waals surface area contributed by atoms with Crippen molar-refractivity contribution in [3.63, 3.8) is 0 Å². The number of benzene rings is 1. The molecule has 116 valence electrons. The van der Waals surface area contributed by atoms with Gasteiger partial charge in [-0.25, -0.2) is 9.59 Å². The van der Waals surface area contributed by atoms with Gasteiger partial charge in [-0.2, -0.15) is 0 Å². The number of hydrogen-bond acceptors (Lipinski definition) is 5. The lowest BCUT2D eigenvalue weighted by Crippen LogP contribution is -2.42. The molecule has 6 nitrogen and oxygen atoms in total. The first kappa shape index (κ1) is 16.8. The predicted molar refractivity (Wildman–Crippen MR) is 79.5 cm³/mol. The second-order valence-corrected chi connectivity index (χ2v) is 5.67.